The minimum absolute atomic E-state index is 0.0529. The van der Waals surface area contributed by atoms with Crippen molar-refractivity contribution < 1.29 is 14.6 Å². The van der Waals surface area contributed by atoms with E-state index in [-0.39, 0.29) is 11.9 Å². The summed E-state index contributed by atoms with van der Waals surface area (Å²) < 4.78 is 5.57. The number of benzene rings is 1. The maximum Gasteiger partial charge on any atom is 0.254 e. The third-order valence-electron chi connectivity index (χ3n) is 4.07. The number of likely N-dealkylation sites (N-methyl/N-ethyl adjacent to an activating group) is 1. The van der Waals surface area contributed by atoms with E-state index in [9.17, 15) is 9.90 Å². The third-order valence-corrected chi connectivity index (χ3v) is 4.07. The molecule has 1 saturated carbocycles. The first-order valence-corrected chi connectivity index (χ1v) is 7.81. The first kappa shape index (κ1) is 15.8. The number of aliphatic hydroxyl groups is 1. The molecular weight excluding hydrogens is 266 g/mol. The summed E-state index contributed by atoms with van der Waals surface area (Å²) in [5, 5.41) is 10.1. The van der Waals surface area contributed by atoms with Crippen LogP contribution < -0.4 is 4.74 Å². The van der Waals surface area contributed by atoms with Crippen molar-refractivity contribution in [1.29, 1.82) is 0 Å². The molecule has 1 aliphatic rings. The molecule has 0 bridgehead atoms. The van der Waals surface area contributed by atoms with Crippen molar-refractivity contribution in [2.75, 3.05) is 13.7 Å². The van der Waals surface area contributed by atoms with Crippen molar-refractivity contribution in [3.63, 3.8) is 0 Å². The number of nitrogens with zero attached hydrogens (tertiary/aromatic N) is 1. The summed E-state index contributed by atoms with van der Waals surface area (Å²) in [6, 6.07) is 7.20. The lowest BCUT2D eigenvalue weighted by Gasteiger charge is -2.35. The number of amides is 1. The fourth-order valence-electron chi connectivity index (χ4n) is 2.84. The van der Waals surface area contributed by atoms with Gasteiger partial charge in [-0.1, -0.05) is 25.8 Å². The van der Waals surface area contributed by atoms with Crippen molar-refractivity contribution in [3.05, 3.63) is 29.8 Å². The van der Waals surface area contributed by atoms with Gasteiger partial charge in [0.2, 0.25) is 0 Å². The second kappa shape index (κ2) is 7.46. The molecule has 1 amide bonds. The molecule has 0 radical (unpaired) electrons. The average molecular weight is 291 g/mol. The highest BCUT2D eigenvalue weighted by Crippen LogP contribution is 2.24. The van der Waals surface area contributed by atoms with Crippen LogP contribution in [0.3, 0.4) is 0 Å². The first-order chi connectivity index (χ1) is 10.1. The Balaban J connectivity index is 2.07. The summed E-state index contributed by atoms with van der Waals surface area (Å²) in [7, 11) is 1.78. The molecule has 1 aromatic rings. The molecule has 4 heteroatoms. The van der Waals surface area contributed by atoms with Crippen LogP contribution >= 0.6 is 0 Å². The molecule has 4 nitrogen and oxygen atoms in total. The summed E-state index contributed by atoms with van der Waals surface area (Å²) in [5.41, 5.74) is 0.615. The number of hydrogen-bond donors (Lipinski definition) is 1. The fraction of sp³-hybridized carbons (Fsp3) is 0.588. The van der Waals surface area contributed by atoms with Crippen molar-refractivity contribution in [2.24, 2.45) is 0 Å². The molecular formula is C17H25NO3. The molecule has 0 heterocycles. The molecule has 1 aromatic carbocycles. The lowest BCUT2D eigenvalue weighted by molar-refractivity contribution is 0.0268. The molecule has 0 saturated heterocycles. The van der Waals surface area contributed by atoms with Crippen LogP contribution in [0.2, 0.25) is 0 Å². The highest BCUT2D eigenvalue weighted by Gasteiger charge is 2.29. The van der Waals surface area contributed by atoms with E-state index >= 15 is 0 Å². The number of carbonyl (C=O) groups excluding carboxylic acids is 1. The second-order valence-corrected chi connectivity index (χ2v) is 5.71. The Morgan fingerprint density at radius 1 is 1.38 bits per heavy atom. The standard InChI is InChI=1S/C17H25NO3/c1-3-11-21-14-8-6-7-13(12-14)17(20)18(2)15-9-4-5-10-16(15)19/h6-8,12,15-16,19H,3-5,9-11H2,1-2H3. The average Bonchev–Trinajstić information content (AvgIpc) is 2.52. The summed E-state index contributed by atoms with van der Waals surface area (Å²) in [6.45, 7) is 2.70. The van der Waals surface area contributed by atoms with Crippen LogP contribution in [0.5, 0.6) is 5.75 Å². The summed E-state index contributed by atoms with van der Waals surface area (Å²) in [4.78, 5) is 14.3. The van der Waals surface area contributed by atoms with Gasteiger partial charge in [0, 0.05) is 12.6 Å². The maximum atomic E-state index is 12.6. The van der Waals surface area contributed by atoms with Crippen LogP contribution in [0.15, 0.2) is 24.3 Å². The van der Waals surface area contributed by atoms with Crippen LogP contribution in [0.25, 0.3) is 0 Å². The Kier molecular flexibility index (Phi) is 5.62. The van der Waals surface area contributed by atoms with Crippen molar-refractivity contribution in [1.82, 2.24) is 4.90 Å². The molecule has 0 aromatic heterocycles. The van der Waals surface area contributed by atoms with Crippen LogP contribution in [0.1, 0.15) is 49.4 Å². The van der Waals surface area contributed by atoms with E-state index in [0.29, 0.717) is 12.2 Å². The molecule has 1 N–H and O–H groups in total. The summed E-state index contributed by atoms with van der Waals surface area (Å²) in [6.07, 6.45) is 4.29. The summed E-state index contributed by atoms with van der Waals surface area (Å²) in [5.74, 6) is 0.670. The molecule has 2 unspecified atom stereocenters. The molecule has 116 valence electrons. The highest BCUT2D eigenvalue weighted by molar-refractivity contribution is 5.94. The van der Waals surface area contributed by atoms with E-state index in [2.05, 4.69) is 0 Å². The van der Waals surface area contributed by atoms with Crippen LogP contribution in [0.4, 0.5) is 0 Å². The lowest BCUT2D eigenvalue weighted by Crippen LogP contribution is -2.46. The number of hydrogen-bond acceptors (Lipinski definition) is 3. The van der Waals surface area contributed by atoms with Crippen LogP contribution in [-0.2, 0) is 0 Å². The first-order valence-electron chi connectivity index (χ1n) is 7.81. The molecule has 1 fully saturated rings. The van der Waals surface area contributed by atoms with Crippen LogP contribution in [-0.4, -0.2) is 41.7 Å². The van der Waals surface area contributed by atoms with Gasteiger partial charge < -0.3 is 14.7 Å². The molecule has 1 aliphatic carbocycles. The zero-order valence-corrected chi connectivity index (χ0v) is 12.9. The smallest absolute Gasteiger partial charge is 0.254 e. The van der Waals surface area contributed by atoms with Gasteiger partial charge in [0.05, 0.1) is 18.8 Å². The minimum atomic E-state index is -0.410. The molecule has 0 aliphatic heterocycles. The number of carbonyl (C=O) groups is 1. The van der Waals surface area contributed by atoms with E-state index in [1.807, 2.05) is 19.1 Å². The van der Waals surface area contributed by atoms with Gasteiger partial charge in [-0.15, -0.1) is 0 Å². The number of aliphatic hydroxyl groups excluding tert-OH is 1. The Morgan fingerprint density at radius 2 is 2.14 bits per heavy atom. The predicted molar refractivity (Wildman–Crippen MR) is 82.6 cm³/mol. The second-order valence-electron chi connectivity index (χ2n) is 5.71. The summed E-state index contributed by atoms with van der Waals surface area (Å²) >= 11 is 0. The normalized spacial score (nSPS) is 21.9. The van der Waals surface area contributed by atoms with E-state index in [0.717, 1.165) is 37.9 Å². The van der Waals surface area contributed by atoms with Gasteiger partial charge in [0.15, 0.2) is 0 Å². The van der Waals surface area contributed by atoms with Crippen molar-refractivity contribution >= 4 is 5.91 Å². The molecule has 2 atom stereocenters. The van der Waals surface area contributed by atoms with Gasteiger partial charge in [-0.3, -0.25) is 4.79 Å². The minimum Gasteiger partial charge on any atom is -0.494 e. The monoisotopic (exact) mass is 291 g/mol. The largest absolute Gasteiger partial charge is 0.494 e. The molecule has 2 rings (SSSR count). The number of rotatable bonds is 5. The van der Waals surface area contributed by atoms with Crippen molar-refractivity contribution in [3.8, 4) is 5.75 Å². The van der Waals surface area contributed by atoms with E-state index in [1.54, 1.807) is 24.1 Å². The predicted octanol–water partition coefficient (Wildman–Crippen LogP) is 2.85. The van der Waals surface area contributed by atoms with Gasteiger partial charge in [-0.05, 0) is 37.5 Å². The van der Waals surface area contributed by atoms with Gasteiger partial charge in [-0.25, -0.2) is 0 Å². The molecule has 21 heavy (non-hydrogen) atoms. The van der Waals surface area contributed by atoms with E-state index < -0.39 is 6.10 Å². The zero-order valence-electron chi connectivity index (χ0n) is 12.9. The van der Waals surface area contributed by atoms with Crippen LogP contribution in [0, 0.1) is 0 Å². The SMILES string of the molecule is CCCOc1cccc(C(=O)N(C)C2CCCCC2O)c1. The Morgan fingerprint density at radius 3 is 2.86 bits per heavy atom. The van der Waals surface area contributed by atoms with Gasteiger partial charge >= 0.3 is 0 Å². The third kappa shape index (κ3) is 3.97. The maximum absolute atomic E-state index is 12.6. The van der Waals surface area contributed by atoms with Gasteiger partial charge in [-0.2, -0.15) is 0 Å². The Labute approximate surface area is 126 Å². The van der Waals surface area contributed by atoms with Gasteiger partial charge in [0.1, 0.15) is 5.75 Å². The topological polar surface area (TPSA) is 49.8 Å². The van der Waals surface area contributed by atoms with Gasteiger partial charge in [0.25, 0.3) is 5.91 Å². The Hall–Kier alpha value is -1.55. The fourth-order valence-corrected chi connectivity index (χ4v) is 2.84. The highest BCUT2D eigenvalue weighted by atomic mass is 16.5. The van der Waals surface area contributed by atoms with Crippen molar-refractivity contribution in [2.45, 2.75) is 51.2 Å². The van der Waals surface area contributed by atoms with E-state index in [1.165, 1.54) is 0 Å². The molecule has 0 spiro atoms. The zero-order chi connectivity index (χ0) is 15.2. The quantitative estimate of drug-likeness (QED) is 0.907. The number of ether oxygens (including phenoxy) is 1. The Bertz CT molecular complexity index is 475. The lowest BCUT2D eigenvalue weighted by atomic mass is 9.91. The van der Waals surface area contributed by atoms with E-state index in [4.69, 9.17) is 4.74 Å².